The second-order valence-electron chi connectivity index (χ2n) is 5.52. The second-order valence-corrected chi connectivity index (χ2v) is 5.52. The van der Waals surface area contributed by atoms with E-state index in [1.54, 1.807) is 13.2 Å². The van der Waals surface area contributed by atoms with Gasteiger partial charge in [-0.15, -0.1) is 0 Å². The topological polar surface area (TPSA) is 73.1 Å². The molecule has 0 aliphatic carbocycles. The molecular formula is C18H20N2O4. The van der Waals surface area contributed by atoms with Gasteiger partial charge in [-0.1, -0.05) is 12.1 Å². The van der Waals surface area contributed by atoms with Crippen LogP contribution in [0.1, 0.15) is 35.0 Å². The lowest BCUT2D eigenvalue weighted by atomic mass is 10.0. The summed E-state index contributed by atoms with van der Waals surface area (Å²) in [7, 11) is 1.63. The number of amides is 1. The van der Waals surface area contributed by atoms with Gasteiger partial charge < -0.3 is 19.3 Å². The van der Waals surface area contributed by atoms with E-state index in [0.717, 1.165) is 17.0 Å². The number of nitrogens with one attached hydrogen (secondary N) is 1. The molecule has 1 amide bonds. The molecule has 0 bridgehead atoms. The van der Waals surface area contributed by atoms with Crippen molar-refractivity contribution in [3.05, 3.63) is 53.5 Å². The summed E-state index contributed by atoms with van der Waals surface area (Å²) in [5.74, 6) is 1.34. The molecule has 1 aromatic heterocycles. The molecule has 1 aromatic carbocycles. The van der Waals surface area contributed by atoms with Crippen molar-refractivity contribution in [1.82, 2.24) is 5.32 Å². The maximum atomic E-state index is 12.2. The van der Waals surface area contributed by atoms with E-state index in [0.29, 0.717) is 30.7 Å². The third kappa shape index (κ3) is 3.42. The second kappa shape index (κ2) is 7.21. The van der Waals surface area contributed by atoms with Gasteiger partial charge in [0.15, 0.2) is 0 Å². The van der Waals surface area contributed by atoms with Gasteiger partial charge >= 0.3 is 0 Å². The lowest BCUT2D eigenvalue weighted by Crippen LogP contribution is -2.32. The predicted octanol–water partition coefficient (Wildman–Crippen LogP) is 2.77. The number of ether oxygens (including phenoxy) is 1. The zero-order valence-corrected chi connectivity index (χ0v) is 13.7. The standard InChI is InChI=1S/C18H20N2O4/c1-3-17-15(8-9-23-17)18(21)19-11-14-10-16(20-24-14)12-4-6-13(22-2)7-5-12/h4-9,14H,3,10-11H2,1-2H3,(H,19,21)/t14-/m0/s1. The quantitative estimate of drug-likeness (QED) is 0.885. The molecule has 1 aliphatic heterocycles. The normalized spacial score (nSPS) is 16.4. The number of hydrogen-bond acceptors (Lipinski definition) is 5. The van der Waals surface area contributed by atoms with Gasteiger partial charge in [0.05, 0.1) is 31.2 Å². The predicted molar refractivity (Wildman–Crippen MR) is 89.4 cm³/mol. The monoisotopic (exact) mass is 328 g/mol. The number of methoxy groups -OCH3 is 1. The molecule has 1 N–H and O–H groups in total. The number of carbonyl (C=O) groups is 1. The first-order valence-electron chi connectivity index (χ1n) is 7.93. The minimum atomic E-state index is -0.164. The number of carbonyl (C=O) groups excluding carboxylic acids is 1. The third-order valence-corrected chi connectivity index (χ3v) is 3.96. The molecule has 1 atom stereocenters. The van der Waals surface area contributed by atoms with Crippen molar-refractivity contribution >= 4 is 11.6 Å². The Morgan fingerprint density at radius 2 is 2.12 bits per heavy atom. The smallest absolute Gasteiger partial charge is 0.254 e. The molecule has 0 saturated carbocycles. The molecule has 6 nitrogen and oxygen atoms in total. The molecule has 6 heteroatoms. The number of nitrogens with zero attached hydrogens (tertiary/aromatic N) is 1. The van der Waals surface area contributed by atoms with Gasteiger partial charge in [0.2, 0.25) is 0 Å². The van der Waals surface area contributed by atoms with Crippen LogP contribution in [0.15, 0.2) is 46.2 Å². The van der Waals surface area contributed by atoms with Gasteiger partial charge in [0.1, 0.15) is 17.6 Å². The number of benzene rings is 1. The Kier molecular flexibility index (Phi) is 4.84. The van der Waals surface area contributed by atoms with Crippen LogP contribution in [-0.4, -0.2) is 31.4 Å². The van der Waals surface area contributed by atoms with E-state index >= 15 is 0 Å². The van der Waals surface area contributed by atoms with Crippen LogP contribution in [0.25, 0.3) is 0 Å². The van der Waals surface area contributed by atoms with Crippen molar-refractivity contribution in [2.75, 3.05) is 13.7 Å². The minimum Gasteiger partial charge on any atom is -0.497 e. The molecule has 1 aliphatic rings. The van der Waals surface area contributed by atoms with Crippen molar-refractivity contribution < 1.29 is 18.8 Å². The fourth-order valence-corrected chi connectivity index (χ4v) is 2.61. The SMILES string of the molecule is CCc1occc1C(=O)NC[C@@H]1CC(c2ccc(OC)cc2)=NO1. The molecule has 24 heavy (non-hydrogen) atoms. The zero-order chi connectivity index (χ0) is 16.9. The van der Waals surface area contributed by atoms with E-state index in [1.807, 2.05) is 31.2 Å². The van der Waals surface area contributed by atoms with Crippen LogP contribution in [0, 0.1) is 0 Å². The van der Waals surface area contributed by atoms with Gasteiger partial charge in [-0.25, -0.2) is 0 Å². The summed E-state index contributed by atoms with van der Waals surface area (Å²) in [6, 6.07) is 9.35. The highest BCUT2D eigenvalue weighted by Gasteiger charge is 2.23. The molecule has 0 fully saturated rings. The third-order valence-electron chi connectivity index (χ3n) is 3.96. The minimum absolute atomic E-state index is 0.151. The van der Waals surface area contributed by atoms with Crippen molar-refractivity contribution in [3.63, 3.8) is 0 Å². The first kappa shape index (κ1) is 16.1. The average Bonchev–Trinajstić information content (AvgIpc) is 3.29. The first-order valence-corrected chi connectivity index (χ1v) is 7.93. The van der Waals surface area contributed by atoms with Crippen LogP contribution in [-0.2, 0) is 11.3 Å². The lowest BCUT2D eigenvalue weighted by Gasteiger charge is -2.09. The van der Waals surface area contributed by atoms with Crippen molar-refractivity contribution in [2.24, 2.45) is 5.16 Å². The lowest BCUT2D eigenvalue weighted by molar-refractivity contribution is 0.0752. The maximum Gasteiger partial charge on any atom is 0.254 e. The summed E-state index contributed by atoms with van der Waals surface area (Å²) < 4.78 is 10.4. The van der Waals surface area contributed by atoms with Crippen LogP contribution in [0.5, 0.6) is 5.75 Å². The summed E-state index contributed by atoms with van der Waals surface area (Å²) in [4.78, 5) is 17.6. The number of furan rings is 1. The summed E-state index contributed by atoms with van der Waals surface area (Å²) >= 11 is 0. The van der Waals surface area contributed by atoms with Gasteiger partial charge in [-0.05, 0) is 35.9 Å². The van der Waals surface area contributed by atoms with Crippen molar-refractivity contribution in [3.8, 4) is 5.75 Å². The van der Waals surface area contributed by atoms with Gasteiger partial charge in [0, 0.05) is 12.8 Å². The number of oxime groups is 1. The fraction of sp³-hybridized carbons (Fsp3) is 0.333. The van der Waals surface area contributed by atoms with Crippen LogP contribution >= 0.6 is 0 Å². The highest BCUT2D eigenvalue weighted by atomic mass is 16.6. The summed E-state index contributed by atoms with van der Waals surface area (Å²) in [6.45, 7) is 2.35. The average molecular weight is 328 g/mol. The summed E-state index contributed by atoms with van der Waals surface area (Å²) in [5, 5.41) is 7.00. The maximum absolute atomic E-state index is 12.2. The molecule has 0 saturated heterocycles. The van der Waals surface area contributed by atoms with E-state index in [4.69, 9.17) is 14.0 Å². The van der Waals surface area contributed by atoms with Crippen LogP contribution in [0.4, 0.5) is 0 Å². The first-order chi connectivity index (χ1) is 11.7. The summed E-state index contributed by atoms with van der Waals surface area (Å²) in [5.41, 5.74) is 2.44. The molecule has 2 heterocycles. The van der Waals surface area contributed by atoms with Crippen molar-refractivity contribution in [1.29, 1.82) is 0 Å². The van der Waals surface area contributed by atoms with Gasteiger partial charge in [-0.3, -0.25) is 4.79 Å². The van der Waals surface area contributed by atoms with Crippen molar-refractivity contribution in [2.45, 2.75) is 25.9 Å². The molecule has 3 rings (SSSR count). The number of hydrogen-bond donors (Lipinski definition) is 1. The largest absolute Gasteiger partial charge is 0.497 e. The van der Waals surface area contributed by atoms with E-state index in [-0.39, 0.29) is 12.0 Å². The van der Waals surface area contributed by atoms with E-state index in [2.05, 4.69) is 10.5 Å². The molecular weight excluding hydrogens is 308 g/mol. The molecule has 2 aromatic rings. The molecule has 0 radical (unpaired) electrons. The molecule has 126 valence electrons. The van der Waals surface area contributed by atoms with Crippen LogP contribution in [0.2, 0.25) is 0 Å². The Morgan fingerprint density at radius 3 is 2.83 bits per heavy atom. The Morgan fingerprint density at radius 1 is 1.33 bits per heavy atom. The van der Waals surface area contributed by atoms with E-state index in [1.165, 1.54) is 6.26 Å². The van der Waals surface area contributed by atoms with Crippen LogP contribution < -0.4 is 10.1 Å². The Bertz CT molecular complexity index is 734. The number of aryl methyl sites for hydroxylation is 1. The van der Waals surface area contributed by atoms with Gasteiger partial charge in [-0.2, -0.15) is 0 Å². The fourth-order valence-electron chi connectivity index (χ4n) is 2.61. The van der Waals surface area contributed by atoms with Crippen LogP contribution in [0.3, 0.4) is 0 Å². The Hall–Kier alpha value is -2.76. The Labute approximate surface area is 140 Å². The zero-order valence-electron chi connectivity index (χ0n) is 13.7. The van der Waals surface area contributed by atoms with Gasteiger partial charge in [0.25, 0.3) is 5.91 Å². The highest BCUT2D eigenvalue weighted by Crippen LogP contribution is 2.19. The highest BCUT2D eigenvalue weighted by molar-refractivity contribution is 6.01. The van der Waals surface area contributed by atoms with E-state index in [9.17, 15) is 4.79 Å². The number of rotatable bonds is 6. The summed E-state index contributed by atoms with van der Waals surface area (Å²) in [6.07, 6.45) is 2.70. The Balaban J connectivity index is 1.53. The van der Waals surface area contributed by atoms with E-state index < -0.39 is 0 Å². The molecule has 0 spiro atoms. The molecule has 0 unspecified atom stereocenters.